The molecule has 1 amide bonds. The summed E-state index contributed by atoms with van der Waals surface area (Å²) in [5.74, 6) is -0.219. The van der Waals surface area contributed by atoms with E-state index in [9.17, 15) is 45.6 Å². The number of carbonyl (C=O) groups excluding carboxylic acids is 1. The average molecular weight is 710 g/mol. The molecule has 2 aliphatic rings. The van der Waals surface area contributed by atoms with E-state index in [2.05, 4.69) is 19.2 Å². The standard InChI is InChI=1S/C35H67NO13/c1-3-5-7-9-10-11-12-13-14-15-17-19-27(40)36-23(24(39)18-16-8-6-4-2)22-46-34-32(45)30(43)33(26(21-38)48-34)49-35-31(44)29(42)28(41)25(20-37)47-35/h23-26,28-35,37-39,41-45H,3-22H2,1-2H3,(H,36,40). The molecule has 0 aromatic rings. The molecule has 0 spiro atoms. The third-order valence-electron chi connectivity index (χ3n) is 9.57. The lowest BCUT2D eigenvalue weighted by atomic mass is 9.97. The van der Waals surface area contributed by atoms with E-state index in [4.69, 9.17) is 18.9 Å². The van der Waals surface area contributed by atoms with Gasteiger partial charge in [-0.1, -0.05) is 104 Å². The van der Waals surface area contributed by atoms with Crippen LogP contribution in [0.1, 0.15) is 123 Å². The van der Waals surface area contributed by atoms with Crippen LogP contribution in [0.2, 0.25) is 0 Å². The molecule has 2 rings (SSSR count). The van der Waals surface area contributed by atoms with Gasteiger partial charge in [-0.2, -0.15) is 0 Å². The van der Waals surface area contributed by atoms with Gasteiger partial charge in [-0.25, -0.2) is 0 Å². The van der Waals surface area contributed by atoms with E-state index in [1.54, 1.807) is 0 Å². The molecule has 0 bridgehead atoms. The second-order valence-corrected chi connectivity index (χ2v) is 13.7. The summed E-state index contributed by atoms with van der Waals surface area (Å²) >= 11 is 0. The van der Waals surface area contributed by atoms with E-state index in [0.717, 1.165) is 51.4 Å². The van der Waals surface area contributed by atoms with E-state index >= 15 is 0 Å². The van der Waals surface area contributed by atoms with Crippen LogP contribution in [0.25, 0.3) is 0 Å². The first-order valence-corrected chi connectivity index (χ1v) is 18.8. The molecule has 9 N–H and O–H groups in total. The SMILES string of the molecule is CCCCCCCCCCCCCC(=O)NC(COC1OC(CO)C(OC2OC(CO)C(O)C(O)C2O)C(O)C1O)C(O)CCCCCC. The number of hydrogen-bond acceptors (Lipinski definition) is 13. The lowest BCUT2D eigenvalue weighted by Crippen LogP contribution is -2.65. The van der Waals surface area contributed by atoms with Crippen LogP contribution in [-0.4, -0.2) is 140 Å². The van der Waals surface area contributed by atoms with E-state index in [1.807, 2.05) is 0 Å². The number of rotatable bonds is 26. The average Bonchev–Trinajstić information content (AvgIpc) is 3.09. The van der Waals surface area contributed by atoms with Crippen molar-refractivity contribution in [3.63, 3.8) is 0 Å². The molecule has 290 valence electrons. The van der Waals surface area contributed by atoms with Gasteiger partial charge in [-0.3, -0.25) is 4.79 Å². The Bertz CT molecular complexity index is 852. The molecule has 0 radical (unpaired) electrons. The molecule has 2 aliphatic heterocycles. The lowest BCUT2D eigenvalue weighted by Gasteiger charge is -2.46. The van der Waals surface area contributed by atoms with Crippen molar-refractivity contribution in [2.75, 3.05) is 19.8 Å². The number of aliphatic hydroxyl groups excluding tert-OH is 8. The summed E-state index contributed by atoms with van der Waals surface area (Å²) in [4.78, 5) is 12.9. The minimum Gasteiger partial charge on any atom is -0.394 e. The second-order valence-electron chi connectivity index (χ2n) is 13.7. The zero-order valence-electron chi connectivity index (χ0n) is 29.7. The summed E-state index contributed by atoms with van der Waals surface area (Å²) in [6.07, 6.45) is 0.655. The van der Waals surface area contributed by atoms with Crippen LogP contribution in [0.4, 0.5) is 0 Å². The summed E-state index contributed by atoms with van der Waals surface area (Å²) in [5, 5.41) is 85.6. The molecular formula is C35H67NO13. The maximum Gasteiger partial charge on any atom is 0.220 e. The smallest absolute Gasteiger partial charge is 0.220 e. The van der Waals surface area contributed by atoms with Crippen LogP contribution in [0.5, 0.6) is 0 Å². The van der Waals surface area contributed by atoms with Crippen molar-refractivity contribution < 1.29 is 64.6 Å². The highest BCUT2D eigenvalue weighted by Gasteiger charge is 2.50. The molecule has 12 atom stereocenters. The van der Waals surface area contributed by atoms with E-state index < -0.39 is 86.8 Å². The van der Waals surface area contributed by atoms with E-state index in [1.165, 1.54) is 44.9 Å². The zero-order valence-corrected chi connectivity index (χ0v) is 29.7. The molecule has 0 aromatic heterocycles. The number of nitrogens with one attached hydrogen (secondary N) is 1. The minimum absolute atomic E-state index is 0.219. The minimum atomic E-state index is -1.77. The number of carbonyl (C=O) groups is 1. The number of ether oxygens (including phenoxy) is 4. The Morgan fingerprint density at radius 2 is 1.16 bits per heavy atom. The first kappa shape index (κ1) is 44.2. The number of unbranched alkanes of at least 4 members (excludes halogenated alkanes) is 13. The fourth-order valence-electron chi connectivity index (χ4n) is 6.35. The summed E-state index contributed by atoms with van der Waals surface area (Å²) in [6.45, 7) is 2.66. The van der Waals surface area contributed by atoms with Gasteiger partial charge in [-0.05, 0) is 12.8 Å². The molecule has 14 heteroatoms. The first-order valence-electron chi connectivity index (χ1n) is 18.8. The van der Waals surface area contributed by atoms with Gasteiger partial charge in [-0.15, -0.1) is 0 Å². The molecule has 2 heterocycles. The molecule has 12 unspecified atom stereocenters. The predicted molar refractivity (Wildman–Crippen MR) is 180 cm³/mol. The van der Waals surface area contributed by atoms with Gasteiger partial charge in [0.25, 0.3) is 0 Å². The molecule has 0 aliphatic carbocycles. The topological polar surface area (TPSA) is 228 Å². The van der Waals surface area contributed by atoms with Gasteiger partial charge in [0.1, 0.15) is 48.8 Å². The number of amides is 1. The van der Waals surface area contributed by atoms with Crippen LogP contribution in [0.3, 0.4) is 0 Å². The maximum absolute atomic E-state index is 12.9. The van der Waals surface area contributed by atoms with Crippen LogP contribution >= 0.6 is 0 Å². The number of hydrogen-bond donors (Lipinski definition) is 9. The van der Waals surface area contributed by atoms with Crippen molar-refractivity contribution in [3.8, 4) is 0 Å². The molecule has 14 nitrogen and oxygen atoms in total. The van der Waals surface area contributed by atoms with E-state index in [0.29, 0.717) is 12.8 Å². The van der Waals surface area contributed by atoms with Crippen LogP contribution < -0.4 is 5.32 Å². The molecule has 0 aromatic carbocycles. The molecular weight excluding hydrogens is 642 g/mol. The fourth-order valence-corrected chi connectivity index (χ4v) is 6.35. The van der Waals surface area contributed by atoms with Gasteiger partial charge in [0.05, 0.1) is 32.0 Å². The summed E-state index contributed by atoms with van der Waals surface area (Å²) < 4.78 is 22.4. The van der Waals surface area contributed by atoms with Crippen LogP contribution in [0.15, 0.2) is 0 Å². The van der Waals surface area contributed by atoms with Crippen LogP contribution in [-0.2, 0) is 23.7 Å². The summed E-state index contributed by atoms with van der Waals surface area (Å²) in [5.41, 5.74) is 0. The monoisotopic (exact) mass is 709 g/mol. The third kappa shape index (κ3) is 15.2. The molecule has 49 heavy (non-hydrogen) atoms. The zero-order chi connectivity index (χ0) is 36.2. The fraction of sp³-hybridized carbons (Fsp3) is 0.971. The Morgan fingerprint density at radius 1 is 0.653 bits per heavy atom. The summed E-state index contributed by atoms with van der Waals surface area (Å²) in [7, 11) is 0. The largest absolute Gasteiger partial charge is 0.394 e. The lowest BCUT2D eigenvalue weighted by molar-refractivity contribution is -0.359. The quantitative estimate of drug-likeness (QED) is 0.0575. The third-order valence-corrected chi connectivity index (χ3v) is 9.57. The number of aliphatic hydroxyl groups is 8. The molecule has 0 saturated carbocycles. The highest BCUT2D eigenvalue weighted by atomic mass is 16.7. The van der Waals surface area contributed by atoms with Gasteiger partial charge in [0.2, 0.25) is 5.91 Å². The predicted octanol–water partition coefficient (Wildman–Crippen LogP) is 1.14. The van der Waals surface area contributed by atoms with Crippen molar-refractivity contribution in [2.24, 2.45) is 0 Å². The Kier molecular flexibility index (Phi) is 22.6. The van der Waals surface area contributed by atoms with Gasteiger partial charge < -0.3 is 65.1 Å². The highest BCUT2D eigenvalue weighted by Crippen LogP contribution is 2.30. The van der Waals surface area contributed by atoms with Gasteiger partial charge in [0.15, 0.2) is 12.6 Å². The molecule has 2 saturated heterocycles. The Labute approximate surface area is 292 Å². The van der Waals surface area contributed by atoms with Gasteiger partial charge >= 0.3 is 0 Å². The van der Waals surface area contributed by atoms with E-state index in [-0.39, 0.29) is 12.5 Å². The van der Waals surface area contributed by atoms with Crippen molar-refractivity contribution in [3.05, 3.63) is 0 Å². The highest BCUT2D eigenvalue weighted by molar-refractivity contribution is 5.76. The van der Waals surface area contributed by atoms with Crippen molar-refractivity contribution in [1.82, 2.24) is 5.32 Å². The summed E-state index contributed by atoms with van der Waals surface area (Å²) in [6, 6.07) is -0.814. The van der Waals surface area contributed by atoms with Gasteiger partial charge in [0, 0.05) is 6.42 Å². The second kappa shape index (κ2) is 25.0. The Balaban J connectivity index is 1.90. The van der Waals surface area contributed by atoms with Crippen molar-refractivity contribution >= 4 is 5.91 Å². The maximum atomic E-state index is 12.9. The molecule has 2 fully saturated rings. The Hall–Kier alpha value is -1.01. The first-order chi connectivity index (χ1) is 23.6. The Morgan fingerprint density at radius 3 is 1.73 bits per heavy atom. The van der Waals surface area contributed by atoms with Crippen molar-refractivity contribution in [1.29, 1.82) is 0 Å². The van der Waals surface area contributed by atoms with Crippen molar-refractivity contribution in [2.45, 2.75) is 197 Å². The normalized spacial score (nSPS) is 31.8. The van der Waals surface area contributed by atoms with Crippen LogP contribution in [0, 0.1) is 0 Å².